The first-order valence-corrected chi connectivity index (χ1v) is 6.54. The van der Waals surface area contributed by atoms with E-state index in [2.05, 4.69) is 37.8 Å². The van der Waals surface area contributed by atoms with Crippen molar-refractivity contribution in [3.05, 3.63) is 65.7 Å². The van der Waals surface area contributed by atoms with E-state index < -0.39 is 0 Å². The molecule has 0 saturated carbocycles. The van der Waals surface area contributed by atoms with E-state index in [4.69, 9.17) is 0 Å². The molecule has 0 heterocycles. The van der Waals surface area contributed by atoms with Gasteiger partial charge in [-0.1, -0.05) is 56.3 Å². The summed E-state index contributed by atoms with van der Waals surface area (Å²) in [6.07, 6.45) is 4.01. The molecule has 19 heavy (non-hydrogen) atoms. The molecular weight excluding hydrogens is 230 g/mol. The highest BCUT2D eigenvalue weighted by Crippen LogP contribution is 2.26. The van der Waals surface area contributed by atoms with Crippen LogP contribution >= 0.6 is 0 Å². The highest BCUT2D eigenvalue weighted by molar-refractivity contribution is 5.73. The Morgan fingerprint density at radius 3 is 2.68 bits per heavy atom. The predicted octanol–water partition coefficient (Wildman–Crippen LogP) is 4.82. The van der Waals surface area contributed by atoms with Crippen LogP contribution < -0.4 is 0 Å². The van der Waals surface area contributed by atoms with Crippen LogP contribution in [-0.4, -0.2) is 0 Å². The molecule has 94 valence electrons. The number of rotatable bonds is 4. The second kappa shape index (κ2) is 6.02. The Hall–Kier alpha value is -2.33. The van der Waals surface area contributed by atoms with Gasteiger partial charge >= 0.3 is 0 Å². The summed E-state index contributed by atoms with van der Waals surface area (Å²) in [5, 5.41) is 9.21. The van der Waals surface area contributed by atoms with Crippen molar-refractivity contribution in [2.24, 2.45) is 0 Å². The molecule has 1 nitrogen and oxygen atoms in total. The molecule has 0 fully saturated rings. The molecule has 0 aliphatic rings. The first-order valence-electron chi connectivity index (χ1n) is 6.54. The molecule has 0 amide bonds. The molecule has 0 spiro atoms. The van der Waals surface area contributed by atoms with Gasteiger partial charge in [-0.15, -0.1) is 0 Å². The molecule has 0 saturated heterocycles. The van der Waals surface area contributed by atoms with Gasteiger partial charge in [0.05, 0.1) is 11.6 Å². The summed E-state index contributed by atoms with van der Waals surface area (Å²) in [7, 11) is 0. The Kier molecular flexibility index (Phi) is 4.15. The third kappa shape index (κ3) is 2.92. The van der Waals surface area contributed by atoms with Crippen LogP contribution in [0.15, 0.2) is 49.0 Å². The van der Waals surface area contributed by atoms with Gasteiger partial charge < -0.3 is 0 Å². The highest BCUT2D eigenvalue weighted by atomic mass is 14.2. The van der Waals surface area contributed by atoms with Crippen molar-refractivity contribution in [3.63, 3.8) is 0 Å². The Morgan fingerprint density at radius 1 is 1.21 bits per heavy atom. The molecule has 2 aromatic rings. The molecule has 0 atom stereocenters. The number of hydrogen-bond acceptors (Lipinski definition) is 1. The molecule has 0 aliphatic carbocycles. The molecule has 0 N–H and O–H groups in total. The van der Waals surface area contributed by atoms with Crippen LogP contribution in [0.4, 0.5) is 0 Å². The minimum absolute atomic E-state index is 0.714. The zero-order valence-electron chi connectivity index (χ0n) is 11.2. The average Bonchev–Trinajstić information content (AvgIpc) is 2.47. The summed E-state index contributed by atoms with van der Waals surface area (Å²) in [5.74, 6) is 0. The van der Waals surface area contributed by atoms with Crippen LogP contribution in [0.3, 0.4) is 0 Å². The van der Waals surface area contributed by atoms with Crippen molar-refractivity contribution in [1.29, 1.82) is 5.26 Å². The van der Waals surface area contributed by atoms with Crippen molar-refractivity contribution >= 4 is 6.08 Å². The van der Waals surface area contributed by atoms with Crippen molar-refractivity contribution in [1.82, 2.24) is 0 Å². The van der Waals surface area contributed by atoms with E-state index in [1.165, 1.54) is 5.56 Å². The summed E-state index contributed by atoms with van der Waals surface area (Å²) in [5.41, 5.74) is 5.20. The highest BCUT2D eigenvalue weighted by Gasteiger charge is 2.06. The lowest BCUT2D eigenvalue weighted by atomic mass is 9.95. The van der Waals surface area contributed by atoms with Crippen molar-refractivity contribution < 1.29 is 0 Å². The third-order valence-electron chi connectivity index (χ3n) is 3.15. The number of aryl methyl sites for hydroxylation is 1. The SMILES string of the molecule is C=Cc1cc(CCC)cc(-c2ccccc2C#N)c1. The summed E-state index contributed by atoms with van der Waals surface area (Å²) in [6, 6.07) is 16.4. The van der Waals surface area contributed by atoms with E-state index in [0.29, 0.717) is 5.56 Å². The molecule has 0 bridgehead atoms. The minimum Gasteiger partial charge on any atom is -0.192 e. The van der Waals surface area contributed by atoms with Gasteiger partial charge in [0.15, 0.2) is 0 Å². The van der Waals surface area contributed by atoms with Gasteiger partial charge in [-0.2, -0.15) is 5.26 Å². The zero-order valence-corrected chi connectivity index (χ0v) is 11.2. The van der Waals surface area contributed by atoms with Crippen molar-refractivity contribution in [3.8, 4) is 17.2 Å². The maximum absolute atomic E-state index is 9.21. The van der Waals surface area contributed by atoms with E-state index >= 15 is 0 Å². The lowest BCUT2D eigenvalue weighted by molar-refractivity contribution is 0.922. The quantitative estimate of drug-likeness (QED) is 0.759. The van der Waals surface area contributed by atoms with Crippen LogP contribution in [0.2, 0.25) is 0 Å². The smallest absolute Gasteiger partial charge is 0.0998 e. The van der Waals surface area contributed by atoms with Crippen LogP contribution in [0, 0.1) is 11.3 Å². The lowest BCUT2D eigenvalue weighted by Gasteiger charge is -2.09. The van der Waals surface area contributed by atoms with Crippen LogP contribution in [0.25, 0.3) is 17.2 Å². The Balaban J connectivity index is 2.58. The summed E-state index contributed by atoms with van der Waals surface area (Å²) in [4.78, 5) is 0. The first-order chi connectivity index (χ1) is 9.28. The molecular formula is C18H17N. The fraction of sp³-hybridized carbons (Fsp3) is 0.167. The molecule has 0 aliphatic heterocycles. The van der Waals surface area contributed by atoms with Gasteiger partial charge in [0.1, 0.15) is 0 Å². The van der Waals surface area contributed by atoms with Gasteiger partial charge in [-0.25, -0.2) is 0 Å². The van der Waals surface area contributed by atoms with Gasteiger partial charge in [-0.3, -0.25) is 0 Å². The Labute approximate surface area is 114 Å². The molecule has 0 radical (unpaired) electrons. The number of hydrogen-bond donors (Lipinski definition) is 0. The second-order valence-corrected chi connectivity index (χ2v) is 4.57. The average molecular weight is 247 g/mol. The molecule has 2 rings (SSSR count). The lowest BCUT2D eigenvalue weighted by Crippen LogP contribution is -1.90. The predicted molar refractivity (Wildman–Crippen MR) is 80.7 cm³/mol. The first kappa shape index (κ1) is 13.1. The Bertz CT molecular complexity index is 632. The minimum atomic E-state index is 0.714. The van der Waals surface area contributed by atoms with E-state index in [9.17, 15) is 5.26 Å². The van der Waals surface area contributed by atoms with Gasteiger partial charge in [-0.05, 0) is 40.8 Å². The second-order valence-electron chi connectivity index (χ2n) is 4.57. The van der Waals surface area contributed by atoms with Gasteiger partial charge in [0.25, 0.3) is 0 Å². The van der Waals surface area contributed by atoms with Crippen molar-refractivity contribution in [2.45, 2.75) is 19.8 Å². The maximum Gasteiger partial charge on any atom is 0.0998 e. The van der Waals surface area contributed by atoms with Crippen molar-refractivity contribution in [2.75, 3.05) is 0 Å². The van der Waals surface area contributed by atoms with Crippen LogP contribution in [0.5, 0.6) is 0 Å². The van der Waals surface area contributed by atoms with E-state index in [-0.39, 0.29) is 0 Å². The van der Waals surface area contributed by atoms with E-state index in [1.807, 2.05) is 30.3 Å². The van der Waals surface area contributed by atoms with Crippen LogP contribution in [-0.2, 0) is 6.42 Å². The number of benzene rings is 2. The third-order valence-corrected chi connectivity index (χ3v) is 3.15. The monoisotopic (exact) mass is 247 g/mol. The maximum atomic E-state index is 9.21. The fourth-order valence-electron chi connectivity index (χ4n) is 2.26. The van der Waals surface area contributed by atoms with E-state index in [1.54, 1.807) is 0 Å². The van der Waals surface area contributed by atoms with Gasteiger partial charge in [0, 0.05) is 0 Å². The summed E-state index contributed by atoms with van der Waals surface area (Å²) in [6.45, 7) is 6.01. The normalized spacial score (nSPS) is 9.89. The summed E-state index contributed by atoms with van der Waals surface area (Å²) >= 11 is 0. The standard InChI is InChI=1S/C18H17N/c1-3-7-15-10-14(4-2)11-17(12-15)18-9-6-5-8-16(18)13-19/h4-6,8-12H,2-3,7H2,1H3. The molecule has 0 aromatic heterocycles. The summed E-state index contributed by atoms with van der Waals surface area (Å²) < 4.78 is 0. The fourth-order valence-corrected chi connectivity index (χ4v) is 2.26. The molecule has 0 unspecified atom stereocenters. The molecule has 1 heteroatoms. The molecule has 2 aromatic carbocycles. The van der Waals surface area contributed by atoms with Crippen LogP contribution in [0.1, 0.15) is 30.0 Å². The van der Waals surface area contributed by atoms with Gasteiger partial charge in [0.2, 0.25) is 0 Å². The Morgan fingerprint density at radius 2 is 2.00 bits per heavy atom. The zero-order chi connectivity index (χ0) is 13.7. The number of nitriles is 1. The topological polar surface area (TPSA) is 23.8 Å². The largest absolute Gasteiger partial charge is 0.192 e. The number of nitrogens with zero attached hydrogens (tertiary/aromatic N) is 1. The van der Waals surface area contributed by atoms with E-state index in [0.717, 1.165) is 29.5 Å².